The summed E-state index contributed by atoms with van der Waals surface area (Å²) in [6.45, 7) is 6.67. The number of aromatic nitrogens is 2. The molecule has 108 valence electrons. The molecule has 2 aromatic rings. The van der Waals surface area contributed by atoms with Crippen LogP contribution in [0.5, 0.6) is 0 Å². The van der Waals surface area contributed by atoms with Crippen LogP contribution in [-0.2, 0) is 17.7 Å². The number of nitrogens with zero attached hydrogens (tertiary/aromatic N) is 3. The lowest BCUT2D eigenvalue weighted by molar-refractivity contribution is -0.0240. The fourth-order valence-corrected chi connectivity index (χ4v) is 2.43. The number of ether oxygens (including phenoxy) is 1. The Kier molecular flexibility index (Phi) is 3.84. The van der Waals surface area contributed by atoms with Crippen molar-refractivity contribution in [1.29, 1.82) is 0 Å². The normalized spacial score (nSPS) is 20.4. The van der Waals surface area contributed by atoms with Gasteiger partial charge in [0.05, 0.1) is 25.8 Å². The summed E-state index contributed by atoms with van der Waals surface area (Å²) < 4.78 is 16.9. The highest BCUT2D eigenvalue weighted by Crippen LogP contribution is 2.27. The molecule has 0 spiro atoms. The first kappa shape index (κ1) is 13.3. The van der Waals surface area contributed by atoms with Crippen LogP contribution >= 0.6 is 0 Å². The lowest BCUT2D eigenvalue weighted by atomic mass is 10.2. The van der Waals surface area contributed by atoms with Gasteiger partial charge in [0.25, 0.3) is 0 Å². The quantitative estimate of drug-likeness (QED) is 0.852. The average Bonchev–Trinajstić information content (AvgIpc) is 3.08. The fraction of sp³-hybridized carbons (Fsp3) is 0.571. The van der Waals surface area contributed by atoms with Gasteiger partial charge in [-0.05, 0) is 12.1 Å². The smallest absolute Gasteiger partial charge is 0.230 e. The Labute approximate surface area is 117 Å². The molecule has 0 aromatic carbocycles. The van der Waals surface area contributed by atoms with Gasteiger partial charge >= 0.3 is 0 Å². The van der Waals surface area contributed by atoms with Crippen molar-refractivity contribution in [3.8, 4) is 0 Å². The van der Waals surface area contributed by atoms with Gasteiger partial charge in [-0.1, -0.05) is 6.92 Å². The third kappa shape index (κ3) is 2.76. The third-order valence-corrected chi connectivity index (χ3v) is 3.50. The van der Waals surface area contributed by atoms with Gasteiger partial charge in [-0.25, -0.2) is 0 Å². The average molecular weight is 277 g/mol. The first-order valence-electron chi connectivity index (χ1n) is 6.95. The standard InChI is InChI=1S/C14H19N3O3/c1-3-11-4-5-13(20-11)12-9-18-7-6-17(12)8-14-16-15-10(2)19-14/h4-5,12H,3,6-9H2,1-2H3/t12-/m1/s1. The Balaban J connectivity index is 1.76. The van der Waals surface area contributed by atoms with E-state index in [1.165, 1.54) is 0 Å². The molecule has 0 bridgehead atoms. The third-order valence-electron chi connectivity index (χ3n) is 3.50. The van der Waals surface area contributed by atoms with Crippen LogP contribution < -0.4 is 0 Å². The van der Waals surface area contributed by atoms with Crippen LogP contribution in [0.25, 0.3) is 0 Å². The van der Waals surface area contributed by atoms with Crippen molar-refractivity contribution in [2.24, 2.45) is 0 Å². The number of furan rings is 1. The van der Waals surface area contributed by atoms with Crippen LogP contribution in [0.15, 0.2) is 21.0 Å². The minimum absolute atomic E-state index is 0.108. The topological polar surface area (TPSA) is 64.5 Å². The van der Waals surface area contributed by atoms with Crippen molar-refractivity contribution in [2.75, 3.05) is 19.8 Å². The van der Waals surface area contributed by atoms with E-state index >= 15 is 0 Å². The molecule has 1 saturated heterocycles. The van der Waals surface area contributed by atoms with Gasteiger partial charge in [-0.2, -0.15) is 0 Å². The van der Waals surface area contributed by atoms with Crippen LogP contribution in [0.1, 0.15) is 36.3 Å². The van der Waals surface area contributed by atoms with E-state index in [4.69, 9.17) is 13.6 Å². The van der Waals surface area contributed by atoms with Crippen molar-refractivity contribution < 1.29 is 13.6 Å². The minimum Gasteiger partial charge on any atom is -0.464 e. The van der Waals surface area contributed by atoms with E-state index in [1.54, 1.807) is 6.92 Å². The van der Waals surface area contributed by atoms with E-state index in [0.717, 1.165) is 24.5 Å². The van der Waals surface area contributed by atoms with Crippen molar-refractivity contribution in [2.45, 2.75) is 32.9 Å². The molecule has 0 radical (unpaired) electrons. The summed E-state index contributed by atoms with van der Waals surface area (Å²) in [5.74, 6) is 3.17. The van der Waals surface area contributed by atoms with Crippen molar-refractivity contribution in [3.63, 3.8) is 0 Å². The Morgan fingerprint density at radius 1 is 1.30 bits per heavy atom. The number of hydrogen-bond acceptors (Lipinski definition) is 6. The summed E-state index contributed by atoms with van der Waals surface area (Å²) in [5.41, 5.74) is 0. The molecule has 1 aliphatic heterocycles. The first-order valence-corrected chi connectivity index (χ1v) is 6.95. The highest BCUT2D eigenvalue weighted by Gasteiger charge is 2.28. The van der Waals surface area contributed by atoms with Crippen LogP contribution in [0.4, 0.5) is 0 Å². The van der Waals surface area contributed by atoms with Gasteiger partial charge in [0, 0.05) is 19.9 Å². The number of morpholine rings is 1. The van der Waals surface area contributed by atoms with Gasteiger partial charge in [0.2, 0.25) is 11.8 Å². The molecule has 0 saturated carbocycles. The Morgan fingerprint density at radius 2 is 2.20 bits per heavy atom. The molecular weight excluding hydrogens is 258 g/mol. The fourth-order valence-electron chi connectivity index (χ4n) is 2.43. The van der Waals surface area contributed by atoms with Gasteiger partial charge < -0.3 is 13.6 Å². The molecule has 1 atom stereocenters. The second-order valence-electron chi connectivity index (χ2n) is 4.93. The van der Waals surface area contributed by atoms with E-state index in [-0.39, 0.29) is 6.04 Å². The second kappa shape index (κ2) is 5.76. The maximum absolute atomic E-state index is 5.86. The molecule has 1 fully saturated rings. The molecule has 0 N–H and O–H groups in total. The molecule has 3 heterocycles. The van der Waals surface area contributed by atoms with Gasteiger partial charge in [-0.3, -0.25) is 4.90 Å². The zero-order valence-corrected chi connectivity index (χ0v) is 11.8. The number of rotatable bonds is 4. The highest BCUT2D eigenvalue weighted by molar-refractivity contribution is 5.12. The molecule has 1 aliphatic rings. The maximum atomic E-state index is 5.86. The monoisotopic (exact) mass is 277 g/mol. The Hall–Kier alpha value is -1.66. The van der Waals surface area contributed by atoms with Crippen LogP contribution in [0.2, 0.25) is 0 Å². The summed E-state index contributed by atoms with van der Waals surface area (Å²) in [6, 6.07) is 4.17. The summed E-state index contributed by atoms with van der Waals surface area (Å²) in [4.78, 5) is 2.26. The first-order chi connectivity index (χ1) is 9.76. The van der Waals surface area contributed by atoms with E-state index in [0.29, 0.717) is 31.5 Å². The van der Waals surface area contributed by atoms with Crippen molar-refractivity contribution in [3.05, 3.63) is 35.4 Å². The second-order valence-corrected chi connectivity index (χ2v) is 4.93. The molecule has 20 heavy (non-hydrogen) atoms. The Bertz CT molecular complexity index is 564. The molecule has 0 aliphatic carbocycles. The van der Waals surface area contributed by atoms with E-state index < -0.39 is 0 Å². The van der Waals surface area contributed by atoms with Gasteiger partial charge in [0.15, 0.2) is 0 Å². The predicted octanol–water partition coefficient (Wildman–Crippen LogP) is 2.11. The maximum Gasteiger partial charge on any atom is 0.230 e. The van der Waals surface area contributed by atoms with Crippen molar-refractivity contribution in [1.82, 2.24) is 15.1 Å². The zero-order valence-electron chi connectivity index (χ0n) is 11.8. The molecule has 2 aromatic heterocycles. The highest BCUT2D eigenvalue weighted by atomic mass is 16.5. The van der Waals surface area contributed by atoms with Crippen LogP contribution in [-0.4, -0.2) is 34.9 Å². The molecule has 0 amide bonds. The zero-order chi connectivity index (χ0) is 13.9. The number of hydrogen-bond donors (Lipinski definition) is 0. The van der Waals surface area contributed by atoms with E-state index in [1.807, 2.05) is 12.1 Å². The summed E-state index contributed by atoms with van der Waals surface area (Å²) >= 11 is 0. The summed E-state index contributed by atoms with van der Waals surface area (Å²) in [5, 5.41) is 7.93. The summed E-state index contributed by atoms with van der Waals surface area (Å²) in [7, 11) is 0. The van der Waals surface area contributed by atoms with Crippen LogP contribution in [0, 0.1) is 6.92 Å². The van der Waals surface area contributed by atoms with Gasteiger partial charge in [0.1, 0.15) is 11.5 Å². The summed E-state index contributed by atoms with van der Waals surface area (Å²) in [6.07, 6.45) is 0.899. The van der Waals surface area contributed by atoms with Crippen LogP contribution in [0.3, 0.4) is 0 Å². The van der Waals surface area contributed by atoms with Gasteiger partial charge in [-0.15, -0.1) is 10.2 Å². The molecular formula is C14H19N3O3. The largest absolute Gasteiger partial charge is 0.464 e. The van der Waals surface area contributed by atoms with Crippen molar-refractivity contribution >= 4 is 0 Å². The SMILES string of the molecule is CCc1ccc([C@H]2COCCN2Cc2nnc(C)o2)o1. The van der Waals surface area contributed by atoms with E-state index in [2.05, 4.69) is 22.0 Å². The molecule has 6 heteroatoms. The predicted molar refractivity (Wildman–Crippen MR) is 71.1 cm³/mol. The Morgan fingerprint density at radius 3 is 2.90 bits per heavy atom. The molecule has 6 nitrogen and oxygen atoms in total. The molecule has 0 unspecified atom stereocenters. The number of aryl methyl sites for hydroxylation is 2. The molecule has 3 rings (SSSR count). The minimum atomic E-state index is 0.108. The van der Waals surface area contributed by atoms with E-state index in [9.17, 15) is 0 Å². The lowest BCUT2D eigenvalue weighted by Gasteiger charge is -2.33. The lowest BCUT2D eigenvalue weighted by Crippen LogP contribution is -2.38.